The number of carbonyl (C=O) groups excluding carboxylic acids is 2. The Bertz CT molecular complexity index is 1350. The van der Waals surface area contributed by atoms with Crippen molar-refractivity contribution in [3.8, 4) is 16.9 Å². The molecule has 9 heteroatoms. The standard InChI is InChI=1S/C24H19N5O4/c1-16-8-5-6-13-20(16)22-21(15-28(27-22)18-10-3-2-4-11-18)24(31)26-25-23(30)17-9-7-12-19(14-17)29(32)33/h2-15H,1H3,(H,25,30)(H,26,31). The molecule has 1 heterocycles. The third-order valence-corrected chi connectivity index (χ3v) is 4.99. The summed E-state index contributed by atoms with van der Waals surface area (Å²) in [5.74, 6) is -1.26. The summed E-state index contributed by atoms with van der Waals surface area (Å²) < 4.78 is 1.60. The number of aryl methyl sites for hydroxylation is 1. The van der Waals surface area contributed by atoms with Crippen LogP contribution in [-0.4, -0.2) is 26.5 Å². The Labute approximate surface area is 188 Å². The van der Waals surface area contributed by atoms with Crippen LogP contribution in [0.5, 0.6) is 0 Å². The van der Waals surface area contributed by atoms with Crippen LogP contribution in [0.3, 0.4) is 0 Å². The summed E-state index contributed by atoms with van der Waals surface area (Å²) in [6.45, 7) is 1.92. The molecule has 0 aliphatic heterocycles. The summed E-state index contributed by atoms with van der Waals surface area (Å²) >= 11 is 0. The molecule has 2 N–H and O–H groups in total. The number of nitro groups is 1. The summed E-state index contributed by atoms with van der Waals surface area (Å²) in [6.07, 6.45) is 1.59. The average molecular weight is 441 g/mol. The summed E-state index contributed by atoms with van der Waals surface area (Å²) in [4.78, 5) is 35.8. The molecule has 0 saturated carbocycles. The maximum Gasteiger partial charge on any atom is 0.273 e. The number of non-ortho nitro benzene ring substituents is 1. The molecule has 164 valence electrons. The van der Waals surface area contributed by atoms with E-state index in [4.69, 9.17) is 0 Å². The first-order valence-corrected chi connectivity index (χ1v) is 10.0. The van der Waals surface area contributed by atoms with Crippen LogP contribution in [0.25, 0.3) is 16.9 Å². The number of benzene rings is 3. The van der Waals surface area contributed by atoms with Crippen LogP contribution in [0.2, 0.25) is 0 Å². The molecule has 1 aromatic heterocycles. The highest BCUT2D eigenvalue weighted by Gasteiger charge is 2.21. The lowest BCUT2D eigenvalue weighted by Crippen LogP contribution is -2.41. The van der Waals surface area contributed by atoms with Crippen molar-refractivity contribution in [1.82, 2.24) is 20.6 Å². The number of para-hydroxylation sites is 1. The molecule has 0 saturated heterocycles. The number of nitrogens with one attached hydrogen (secondary N) is 2. The first kappa shape index (κ1) is 21.4. The fraction of sp³-hybridized carbons (Fsp3) is 0.0417. The molecule has 4 aromatic rings. The van der Waals surface area contributed by atoms with Crippen LogP contribution in [0.1, 0.15) is 26.3 Å². The van der Waals surface area contributed by atoms with E-state index >= 15 is 0 Å². The van der Waals surface area contributed by atoms with Crippen LogP contribution < -0.4 is 10.9 Å². The van der Waals surface area contributed by atoms with Gasteiger partial charge in [0.25, 0.3) is 17.5 Å². The number of hydrazine groups is 1. The predicted molar refractivity (Wildman–Crippen MR) is 122 cm³/mol. The van der Waals surface area contributed by atoms with E-state index in [1.165, 1.54) is 18.2 Å². The fourth-order valence-electron chi connectivity index (χ4n) is 3.30. The second kappa shape index (κ2) is 9.15. The molecule has 2 amide bonds. The maximum absolute atomic E-state index is 13.0. The zero-order chi connectivity index (χ0) is 23.4. The molecule has 3 aromatic carbocycles. The van der Waals surface area contributed by atoms with Gasteiger partial charge >= 0.3 is 0 Å². The first-order chi connectivity index (χ1) is 15.9. The molecular weight excluding hydrogens is 422 g/mol. The third-order valence-electron chi connectivity index (χ3n) is 4.99. The van der Waals surface area contributed by atoms with Crippen LogP contribution in [0.4, 0.5) is 5.69 Å². The number of aromatic nitrogens is 2. The van der Waals surface area contributed by atoms with Gasteiger partial charge in [-0.3, -0.25) is 30.6 Å². The van der Waals surface area contributed by atoms with Gasteiger partial charge in [0, 0.05) is 29.5 Å². The van der Waals surface area contributed by atoms with E-state index < -0.39 is 16.7 Å². The Morgan fingerprint density at radius 1 is 0.909 bits per heavy atom. The average Bonchev–Trinajstić information content (AvgIpc) is 3.28. The minimum Gasteiger partial charge on any atom is -0.267 e. The zero-order valence-corrected chi connectivity index (χ0v) is 17.6. The van der Waals surface area contributed by atoms with Crippen molar-refractivity contribution in [3.63, 3.8) is 0 Å². The number of nitro benzene ring substituents is 1. The molecule has 0 aliphatic rings. The molecule has 0 unspecified atom stereocenters. The lowest BCUT2D eigenvalue weighted by atomic mass is 10.0. The van der Waals surface area contributed by atoms with Crippen LogP contribution >= 0.6 is 0 Å². The van der Waals surface area contributed by atoms with Crippen molar-refractivity contribution in [3.05, 3.63) is 112 Å². The van der Waals surface area contributed by atoms with Crippen LogP contribution in [0.15, 0.2) is 85.1 Å². The number of rotatable bonds is 5. The van der Waals surface area contributed by atoms with Crippen LogP contribution in [-0.2, 0) is 0 Å². The SMILES string of the molecule is Cc1ccccc1-c1nn(-c2ccccc2)cc1C(=O)NNC(=O)c1cccc([N+](=O)[O-])c1. The highest BCUT2D eigenvalue weighted by molar-refractivity contribution is 6.02. The van der Waals surface area contributed by atoms with Gasteiger partial charge in [-0.1, -0.05) is 48.5 Å². The number of carbonyl (C=O) groups is 2. The minimum atomic E-state index is -0.681. The number of hydrogen-bond donors (Lipinski definition) is 2. The van der Waals surface area contributed by atoms with Gasteiger partial charge in [0.1, 0.15) is 5.69 Å². The van der Waals surface area contributed by atoms with E-state index in [9.17, 15) is 19.7 Å². The molecule has 9 nitrogen and oxygen atoms in total. The van der Waals surface area contributed by atoms with E-state index in [-0.39, 0.29) is 16.8 Å². The van der Waals surface area contributed by atoms with E-state index in [1.54, 1.807) is 10.9 Å². The van der Waals surface area contributed by atoms with Crippen molar-refractivity contribution in [2.75, 3.05) is 0 Å². The van der Waals surface area contributed by atoms with Crippen molar-refractivity contribution < 1.29 is 14.5 Å². The van der Waals surface area contributed by atoms with E-state index in [0.29, 0.717) is 5.69 Å². The molecule has 0 fully saturated rings. The number of nitrogens with zero attached hydrogens (tertiary/aromatic N) is 3. The Hall–Kier alpha value is -4.79. The summed E-state index contributed by atoms with van der Waals surface area (Å²) in [7, 11) is 0. The summed E-state index contributed by atoms with van der Waals surface area (Å²) in [6, 6.07) is 22.1. The summed E-state index contributed by atoms with van der Waals surface area (Å²) in [5.41, 5.74) is 7.71. The Morgan fingerprint density at radius 2 is 1.61 bits per heavy atom. The minimum absolute atomic E-state index is 0.0450. The first-order valence-electron chi connectivity index (χ1n) is 10.0. The molecule has 0 atom stereocenters. The van der Waals surface area contributed by atoms with Gasteiger partial charge in [-0.2, -0.15) is 5.10 Å². The van der Waals surface area contributed by atoms with Crippen molar-refractivity contribution in [1.29, 1.82) is 0 Å². The lowest BCUT2D eigenvalue weighted by Gasteiger charge is -2.08. The van der Waals surface area contributed by atoms with Crippen molar-refractivity contribution in [2.24, 2.45) is 0 Å². The van der Waals surface area contributed by atoms with E-state index in [1.807, 2.05) is 61.5 Å². The largest absolute Gasteiger partial charge is 0.273 e. The topological polar surface area (TPSA) is 119 Å². The number of hydrogen-bond acceptors (Lipinski definition) is 5. The van der Waals surface area contributed by atoms with Gasteiger partial charge < -0.3 is 0 Å². The van der Waals surface area contributed by atoms with Crippen LogP contribution in [0, 0.1) is 17.0 Å². The quantitative estimate of drug-likeness (QED) is 0.360. The highest BCUT2D eigenvalue weighted by Crippen LogP contribution is 2.26. The Morgan fingerprint density at radius 3 is 2.33 bits per heavy atom. The monoisotopic (exact) mass is 441 g/mol. The molecule has 0 spiro atoms. The van der Waals surface area contributed by atoms with E-state index in [2.05, 4.69) is 16.0 Å². The zero-order valence-electron chi connectivity index (χ0n) is 17.6. The van der Waals surface area contributed by atoms with Crippen molar-refractivity contribution in [2.45, 2.75) is 6.92 Å². The van der Waals surface area contributed by atoms with Gasteiger partial charge in [-0.25, -0.2) is 4.68 Å². The van der Waals surface area contributed by atoms with Gasteiger partial charge in [0.05, 0.1) is 16.2 Å². The molecule has 0 radical (unpaired) electrons. The second-order valence-electron chi connectivity index (χ2n) is 7.20. The smallest absolute Gasteiger partial charge is 0.267 e. The molecule has 33 heavy (non-hydrogen) atoms. The second-order valence-corrected chi connectivity index (χ2v) is 7.20. The molecule has 4 rings (SSSR count). The predicted octanol–water partition coefficient (Wildman–Crippen LogP) is 3.83. The van der Waals surface area contributed by atoms with Gasteiger partial charge in [-0.05, 0) is 30.7 Å². The molecule has 0 aliphatic carbocycles. The number of amides is 2. The van der Waals surface area contributed by atoms with Gasteiger partial charge in [0.15, 0.2) is 0 Å². The lowest BCUT2D eigenvalue weighted by molar-refractivity contribution is -0.384. The highest BCUT2D eigenvalue weighted by atomic mass is 16.6. The Balaban J connectivity index is 1.62. The normalized spacial score (nSPS) is 10.5. The van der Waals surface area contributed by atoms with Gasteiger partial charge in [-0.15, -0.1) is 0 Å². The molecular formula is C24H19N5O4. The maximum atomic E-state index is 13.0. The van der Waals surface area contributed by atoms with Gasteiger partial charge in [0.2, 0.25) is 0 Å². The van der Waals surface area contributed by atoms with E-state index in [0.717, 1.165) is 22.9 Å². The molecule has 0 bridgehead atoms. The third kappa shape index (κ3) is 4.62. The summed E-state index contributed by atoms with van der Waals surface area (Å²) in [5, 5.41) is 15.6. The van der Waals surface area contributed by atoms with Crippen molar-refractivity contribution >= 4 is 17.5 Å². The fourth-order valence-corrected chi connectivity index (χ4v) is 3.30. The Kier molecular flexibility index (Phi) is 5.94.